The van der Waals surface area contributed by atoms with Gasteiger partial charge in [0.25, 0.3) is 6.43 Å². The average Bonchev–Trinajstić information content (AvgIpc) is 2.29. The van der Waals surface area contributed by atoms with Crippen LogP contribution in [-0.2, 0) is 0 Å². The Kier molecular flexibility index (Phi) is 3.56. The fraction of sp³-hybridized carbons (Fsp3) is 0.182. The molecule has 96 valence electrons. The second-order valence-electron chi connectivity index (χ2n) is 3.36. The second-order valence-corrected chi connectivity index (χ2v) is 3.77. The van der Waals surface area contributed by atoms with E-state index in [1.54, 1.807) is 0 Å². The number of alkyl halides is 4. The summed E-state index contributed by atoms with van der Waals surface area (Å²) in [6.07, 6.45) is -2.84. The van der Waals surface area contributed by atoms with Crippen LogP contribution >= 0.6 is 11.6 Å². The van der Waals surface area contributed by atoms with Crippen LogP contribution in [0, 0.1) is 0 Å². The zero-order valence-corrected chi connectivity index (χ0v) is 9.47. The molecule has 0 saturated carbocycles. The molecule has 0 aliphatic heterocycles. The zero-order valence-electron chi connectivity index (χ0n) is 8.71. The first-order chi connectivity index (χ1) is 8.49. The maximum Gasteiger partial charge on any atom is 0.387 e. The quantitative estimate of drug-likeness (QED) is 0.776. The van der Waals surface area contributed by atoms with Gasteiger partial charge in [-0.15, -0.1) is 0 Å². The number of pyridine rings is 1. The lowest BCUT2D eigenvalue weighted by molar-refractivity contribution is -0.0489. The highest BCUT2D eigenvalue weighted by atomic mass is 35.5. The molecule has 2 rings (SSSR count). The predicted octanol–water partition coefficient (Wildman–Crippen LogP) is 4.43. The number of fused-ring (bicyclic) bond motifs is 1. The van der Waals surface area contributed by atoms with Gasteiger partial charge < -0.3 is 4.74 Å². The first kappa shape index (κ1) is 12.9. The minimum absolute atomic E-state index is 0.00927. The Morgan fingerprint density at radius 2 is 1.89 bits per heavy atom. The van der Waals surface area contributed by atoms with Crippen molar-refractivity contribution >= 4 is 22.5 Å². The van der Waals surface area contributed by atoms with Crippen molar-refractivity contribution in [2.75, 3.05) is 0 Å². The minimum atomic E-state index is -3.06. The van der Waals surface area contributed by atoms with Crippen molar-refractivity contribution in [2.24, 2.45) is 0 Å². The molecule has 2 aromatic rings. The predicted molar refractivity (Wildman–Crippen MR) is 58.3 cm³/mol. The van der Waals surface area contributed by atoms with E-state index in [0.717, 1.165) is 6.07 Å². The lowest BCUT2D eigenvalue weighted by Crippen LogP contribution is -2.03. The van der Waals surface area contributed by atoms with Crippen molar-refractivity contribution in [1.82, 2.24) is 4.98 Å². The molecular weight excluding hydrogens is 274 g/mol. The number of para-hydroxylation sites is 1. The molecule has 1 aromatic carbocycles. The zero-order chi connectivity index (χ0) is 13.3. The van der Waals surface area contributed by atoms with Gasteiger partial charge in [0.1, 0.15) is 11.2 Å². The van der Waals surface area contributed by atoms with Crippen molar-refractivity contribution in [1.29, 1.82) is 0 Å². The van der Waals surface area contributed by atoms with Gasteiger partial charge in [0.2, 0.25) is 0 Å². The first-order valence-electron chi connectivity index (χ1n) is 4.81. The van der Waals surface area contributed by atoms with Gasteiger partial charge in [-0.2, -0.15) is 8.78 Å². The molecule has 0 spiro atoms. The van der Waals surface area contributed by atoms with Gasteiger partial charge >= 0.3 is 6.61 Å². The van der Waals surface area contributed by atoms with Crippen LogP contribution in [0.1, 0.15) is 12.1 Å². The summed E-state index contributed by atoms with van der Waals surface area (Å²) in [5, 5.41) is 0.286. The van der Waals surface area contributed by atoms with Crippen molar-refractivity contribution in [3.05, 3.63) is 35.0 Å². The van der Waals surface area contributed by atoms with Crippen LogP contribution in [-0.4, -0.2) is 11.6 Å². The number of benzene rings is 1. The molecule has 7 heteroatoms. The molecule has 0 atom stereocenters. The fourth-order valence-corrected chi connectivity index (χ4v) is 1.77. The van der Waals surface area contributed by atoms with Gasteiger partial charge in [-0.25, -0.2) is 13.8 Å². The summed E-state index contributed by atoms with van der Waals surface area (Å²) >= 11 is 5.80. The second kappa shape index (κ2) is 4.97. The average molecular weight is 280 g/mol. The summed E-state index contributed by atoms with van der Waals surface area (Å²) in [6.45, 7) is -3.06. The lowest BCUT2D eigenvalue weighted by atomic mass is 10.2. The van der Waals surface area contributed by atoms with E-state index in [1.165, 1.54) is 18.2 Å². The van der Waals surface area contributed by atoms with Gasteiger partial charge in [0.05, 0.1) is 5.02 Å². The molecule has 1 heterocycles. The molecule has 0 aliphatic rings. The van der Waals surface area contributed by atoms with E-state index in [-0.39, 0.29) is 21.7 Å². The van der Waals surface area contributed by atoms with E-state index in [0.29, 0.717) is 0 Å². The van der Waals surface area contributed by atoms with Crippen LogP contribution in [0.3, 0.4) is 0 Å². The van der Waals surface area contributed by atoms with Crippen LogP contribution < -0.4 is 4.74 Å². The molecule has 0 amide bonds. The Morgan fingerprint density at radius 1 is 1.17 bits per heavy atom. The Morgan fingerprint density at radius 3 is 2.50 bits per heavy atom. The molecule has 0 N–H and O–H groups in total. The van der Waals surface area contributed by atoms with Gasteiger partial charge in [-0.3, -0.25) is 0 Å². The number of rotatable bonds is 3. The van der Waals surface area contributed by atoms with E-state index in [4.69, 9.17) is 11.6 Å². The van der Waals surface area contributed by atoms with Gasteiger partial charge in [-0.05, 0) is 12.1 Å². The highest BCUT2D eigenvalue weighted by molar-refractivity contribution is 6.35. The van der Waals surface area contributed by atoms with Crippen LogP contribution in [0.4, 0.5) is 17.6 Å². The van der Waals surface area contributed by atoms with Crippen molar-refractivity contribution in [3.63, 3.8) is 0 Å². The van der Waals surface area contributed by atoms with Crippen molar-refractivity contribution in [2.45, 2.75) is 13.0 Å². The highest BCUT2D eigenvalue weighted by Gasteiger charge is 2.16. The van der Waals surface area contributed by atoms with Crippen LogP contribution in [0.15, 0.2) is 24.3 Å². The third-order valence-electron chi connectivity index (χ3n) is 2.21. The minimum Gasteiger partial charge on any atom is -0.432 e. The lowest BCUT2D eigenvalue weighted by Gasteiger charge is -2.09. The van der Waals surface area contributed by atoms with Gasteiger partial charge in [0.15, 0.2) is 5.75 Å². The molecule has 1 aromatic heterocycles. The molecular formula is C11H6ClF4NO. The van der Waals surface area contributed by atoms with E-state index >= 15 is 0 Å². The third-order valence-corrected chi connectivity index (χ3v) is 2.52. The highest BCUT2D eigenvalue weighted by Crippen LogP contribution is 2.32. The Bertz CT molecular complexity index is 576. The molecule has 0 bridgehead atoms. The topological polar surface area (TPSA) is 22.1 Å². The molecule has 2 nitrogen and oxygen atoms in total. The maximum atomic E-state index is 12.6. The van der Waals surface area contributed by atoms with Gasteiger partial charge in [-0.1, -0.05) is 23.7 Å². The SMILES string of the molecule is FC(F)Oc1cccc2c(Cl)cc(C(F)F)nc12. The summed E-state index contributed by atoms with van der Waals surface area (Å²) in [5.74, 6) is -0.285. The Hall–Kier alpha value is -1.56. The summed E-state index contributed by atoms with van der Waals surface area (Å²) in [6, 6.07) is 5.13. The smallest absolute Gasteiger partial charge is 0.387 e. The van der Waals surface area contributed by atoms with E-state index in [9.17, 15) is 17.6 Å². The molecule has 0 unspecified atom stereocenters. The standard InChI is InChI=1S/C11H6ClF4NO/c12-6-4-7(10(13)14)17-9-5(6)2-1-3-8(9)18-11(15)16/h1-4,10-11H. The molecule has 0 aliphatic carbocycles. The first-order valence-corrected chi connectivity index (χ1v) is 5.19. The van der Waals surface area contributed by atoms with E-state index in [1.807, 2.05) is 0 Å². The van der Waals surface area contributed by atoms with E-state index < -0.39 is 18.7 Å². The molecule has 0 radical (unpaired) electrons. The third kappa shape index (κ3) is 2.48. The number of nitrogens with zero attached hydrogens (tertiary/aromatic N) is 1. The Labute approximate surface area is 104 Å². The monoisotopic (exact) mass is 279 g/mol. The number of hydrogen-bond acceptors (Lipinski definition) is 2. The number of halogens is 5. The largest absolute Gasteiger partial charge is 0.432 e. The fourth-order valence-electron chi connectivity index (χ4n) is 1.50. The summed E-state index contributed by atoms with van der Waals surface area (Å²) in [7, 11) is 0. The van der Waals surface area contributed by atoms with Crippen LogP contribution in [0.25, 0.3) is 10.9 Å². The Balaban J connectivity index is 2.65. The molecule has 0 fully saturated rings. The number of ether oxygens (including phenoxy) is 1. The van der Waals surface area contributed by atoms with Crippen LogP contribution in [0.2, 0.25) is 5.02 Å². The van der Waals surface area contributed by atoms with Gasteiger partial charge in [0, 0.05) is 5.39 Å². The normalized spacial score (nSPS) is 11.5. The van der Waals surface area contributed by atoms with Crippen molar-refractivity contribution in [3.8, 4) is 5.75 Å². The summed E-state index contributed by atoms with van der Waals surface area (Å²) < 4.78 is 53.7. The summed E-state index contributed by atoms with van der Waals surface area (Å²) in [5.41, 5.74) is -0.696. The number of hydrogen-bond donors (Lipinski definition) is 0. The maximum absolute atomic E-state index is 12.6. The van der Waals surface area contributed by atoms with E-state index in [2.05, 4.69) is 9.72 Å². The number of aromatic nitrogens is 1. The van der Waals surface area contributed by atoms with Crippen molar-refractivity contribution < 1.29 is 22.3 Å². The molecule has 18 heavy (non-hydrogen) atoms. The van der Waals surface area contributed by atoms with Crippen LogP contribution in [0.5, 0.6) is 5.75 Å². The summed E-state index contributed by atoms with van der Waals surface area (Å²) in [4.78, 5) is 3.60. The molecule has 0 saturated heterocycles.